The fourth-order valence-corrected chi connectivity index (χ4v) is 3.35. The lowest BCUT2D eigenvalue weighted by atomic mass is 10.1. The summed E-state index contributed by atoms with van der Waals surface area (Å²) in [5.74, 6) is 1.54. The van der Waals surface area contributed by atoms with Gasteiger partial charge in [-0.2, -0.15) is 0 Å². The van der Waals surface area contributed by atoms with Crippen molar-refractivity contribution in [3.63, 3.8) is 0 Å². The van der Waals surface area contributed by atoms with Gasteiger partial charge in [-0.1, -0.05) is 17.8 Å². The van der Waals surface area contributed by atoms with Crippen molar-refractivity contribution in [2.45, 2.75) is 37.5 Å². The minimum atomic E-state index is 0.740. The second-order valence-electron chi connectivity index (χ2n) is 6.51. The first-order valence-electron chi connectivity index (χ1n) is 8.49. The van der Waals surface area contributed by atoms with Gasteiger partial charge >= 0.3 is 0 Å². The van der Waals surface area contributed by atoms with E-state index in [2.05, 4.69) is 25.9 Å². The van der Waals surface area contributed by atoms with Gasteiger partial charge in [0, 0.05) is 49.6 Å². The second-order valence-corrected chi connectivity index (χ2v) is 7.28. The molecule has 0 bridgehead atoms. The van der Waals surface area contributed by atoms with Crippen molar-refractivity contribution in [1.29, 1.82) is 0 Å². The molecular formula is C18H22N4OS. The van der Waals surface area contributed by atoms with E-state index < -0.39 is 0 Å². The van der Waals surface area contributed by atoms with Crippen molar-refractivity contribution in [2.75, 3.05) is 19.4 Å². The number of aromatic nitrogens is 3. The smallest absolute Gasteiger partial charge is 0.217 e. The number of fused-ring (bicyclic) bond motifs is 1. The molecule has 0 saturated heterocycles. The van der Waals surface area contributed by atoms with Crippen LogP contribution in [0, 0.1) is 5.92 Å². The maximum absolute atomic E-state index is 5.94. The Balaban J connectivity index is 1.44. The van der Waals surface area contributed by atoms with Crippen LogP contribution in [-0.4, -0.2) is 39.3 Å². The zero-order chi connectivity index (χ0) is 16.4. The number of nitrogens with zero attached hydrogens (tertiary/aromatic N) is 4. The molecule has 126 valence electrons. The zero-order valence-corrected chi connectivity index (χ0v) is 14.8. The van der Waals surface area contributed by atoms with E-state index in [9.17, 15) is 0 Å². The highest BCUT2D eigenvalue weighted by Crippen LogP contribution is 2.30. The lowest BCUT2D eigenvalue weighted by Gasteiger charge is -2.28. The highest BCUT2D eigenvalue weighted by atomic mass is 32.2. The van der Waals surface area contributed by atoms with Crippen molar-refractivity contribution in [1.82, 2.24) is 19.9 Å². The molecule has 0 N–H and O–H groups in total. The first-order valence-corrected chi connectivity index (χ1v) is 9.72. The summed E-state index contributed by atoms with van der Waals surface area (Å²) in [6.07, 6.45) is 9.38. The summed E-state index contributed by atoms with van der Waals surface area (Å²) in [4.78, 5) is 15.9. The van der Waals surface area contributed by atoms with Crippen LogP contribution in [0.1, 0.15) is 29.7 Å². The Morgan fingerprint density at radius 3 is 3.08 bits per heavy atom. The average molecular weight is 342 g/mol. The molecule has 1 fully saturated rings. The van der Waals surface area contributed by atoms with Crippen LogP contribution in [0.25, 0.3) is 0 Å². The molecule has 4 rings (SSSR count). The van der Waals surface area contributed by atoms with Crippen LogP contribution in [0.3, 0.4) is 0 Å². The van der Waals surface area contributed by atoms with E-state index in [0.717, 1.165) is 49.6 Å². The molecule has 1 aliphatic heterocycles. The number of thioether (sulfide) groups is 1. The van der Waals surface area contributed by atoms with Crippen LogP contribution >= 0.6 is 11.8 Å². The van der Waals surface area contributed by atoms with Crippen molar-refractivity contribution >= 4 is 11.8 Å². The Morgan fingerprint density at radius 1 is 1.33 bits per heavy atom. The molecule has 5 nitrogen and oxygen atoms in total. The Hall–Kier alpha value is -1.66. The third-order valence-corrected chi connectivity index (χ3v) is 5.13. The summed E-state index contributed by atoms with van der Waals surface area (Å²) in [5.41, 5.74) is 3.61. The average Bonchev–Trinajstić information content (AvgIpc) is 3.45. The fourth-order valence-electron chi connectivity index (χ4n) is 2.99. The van der Waals surface area contributed by atoms with Gasteiger partial charge in [-0.15, -0.1) is 0 Å². The molecule has 6 heteroatoms. The molecule has 2 aromatic rings. The van der Waals surface area contributed by atoms with E-state index in [1.165, 1.54) is 29.7 Å². The number of rotatable bonds is 6. The number of hydrogen-bond donors (Lipinski definition) is 0. The molecule has 0 aromatic carbocycles. The summed E-state index contributed by atoms with van der Waals surface area (Å²) in [5, 5.41) is 0.866. The molecule has 1 aliphatic carbocycles. The van der Waals surface area contributed by atoms with Gasteiger partial charge in [-0.3, -0.25) is 4.90 Å². The Morgan fingerprint density at radius 2 is 2.25 bits per heavy atom. The van der Waals surface area contributed by atoms with E-state index in [-0.39, 0.29) is 0 Å². The molecule has 0 radical (unpaired) electrons. The molecule has 0 amide bonds. The van der Waals surface area contributed by atoms with E-state index in [1.807, 2.05) is 24.7 Å². The van der Waals surface area contributed by atoms with Gasteiger partial charge in [-0.05, 0) is 31.1 Å². The molecule has 0 spiro atoms. The summed E-state index contributed by atoms with van der Waals surface area (Å²) >= 11 is 1.60. The van der Waals surface area contributed by atoms with Crippen LogP contribution in [0.15, 0.2) is 29.7 Å². The SMILES string of the molecule is CSc1ncc2c(n1)CCN(Cc1cccnc1OCC1CC1)C2. The molecule has 0 unspecified atom stereocenters. The summed E-state index contributed by atoms with van der Waals surface area (Å²) in [6, 6.07) is 4.11. The summed E-state index contributed by atoms with van der Waals surface area (Å²) in [7, 11) is 0. The largest absolute Gasteiger partial charge is 0.477 e. The van der Waals surface area contributed by atoms with Crippen molar-refractivity contribution in [3.05, 3.63) is 41.3 Å². The summed E-state index contributed by atoms with van der Waals surface area (Å²) < 4.78 is 5.94. The maximum atomic E-state index is 5.94. The number of hydrogen-bond acceptors (Lipinski definition) is 6. The monoisotopic (exact) mass is 342 g/mol. The van der Waals surface area contributed by atoms with Crippen molar-refractivity contribution in [2.24, 2.45) is 5.92 Å². The van der Waals surface area contributed by atoms with Crippen LogP contribution in [0.2, 0.25) is 0 Å². The van der Waals surface area contributed by atoms with E-state index >= 15 is 0 Å². The van der Waals surface area contributed by atoms with Crippen LogP contribution in [-0.2, 0) is 19.5 Å². The molecule has 2 aliphatic rings. The lowest BCUT2D eigenvalue weighted by molar-refractivity contribution is 0.230. The van der Waals surface area contributed by atoms with Crippen LogP contribution < -0.4 is 4.74 Å². The molecule has 24 heavy (non-hydrogen) atoms. The van der Waals surface area contributed by atoms with Gasteiger partial charge in [0.25, 0.3) is 0 Å². The number of ether oxygens (including phenoxy) is 1. The van der Waals surface area contributed by atoms with Crippen LogP contribution in [0.4, 0.5) is 0 Å². The molecular weight excluding hydrogens is 320 g/mol. The zero-order valence-electron chi connectivity index (χ0n) is 13.9. The highest BCUT2D eigenvalue weighted by Gasteiger charge is 2.23. The molecule has 1 saturated carbocycles. The minimum absolute atomic E-state index is 0.740. The third kappa shape index (κ3) is 3.70. The van der Waals surface area contributed by atoms with Gasteiger partial charge in [0.15, 0.2) is 5.16 Å². The van der Waals surface area contributed by atoms with Gasteiger partial charge < -0.3 is 4.74 Å². The molecule has 3 heterocycles. The van der Waals surface area contributed by atoms with Crippen molar-refractivity contribution < 1.29 is 4.74 Å². The second kappa shape index (κ2) is 7.07. The Bertz CT molecular complexity index is 720. The van der Waals surface area contributed by atoms with Crippen molar-refractivity contribution in [3.8, 4) is 5.88 Å². The standard InChI is InChI=1S/C18H22N4OS/c1-24-18-20-9-15-11-22(8-6-16(15)21-18)10-14-3-2-7-19-17(14)23-12-13-4-5-13/h2-3,7,9,13H,4-6,8,10-12H2,1H3. The predicted octanol–water partition coefficient (Wildman–Crippen LogP) is 2.94. The molecule has 2 aromatic heterocycles. The first kappa shape index (κ1) is 15.8. The van der Waals surface area contributed by atoms with E-state index in [4.69, 9.17) is 4.74 Å². The number of pyridine rings is 1. The Labute approximate surface area is 146 Å². The van der Waals surface area contributed by atoms with Gasteiger partial charge in [0.05, 0.1) is 12.3 Å². The fraction of sp³-hybridized carbons (Fsp3) is 0.500. The predicted molar refractivity (Wildman–Crippen MR) is 94.1 cm³/mol. The first-order chi connectivity index (χ1) is 11.8. The van der Waals surface area contributed by atoms with Crippen LogP contribution in [0.5, 0.6) is 5.88 Å². The maximum Gasteiger partial charge on any atom is 0.217 e. The third-order valence-electron chi connectivity index (χ3n) is 4.57. The molecule has 0 atom stereocenters. The van der Waals surface area contributed by atoms with Gasteiger partial charge in [0.1, 0.15) is 0 Å². The minimum Gasteiger partial charge on any atom is -0.477 e. The lowest BCUT2D eigenvalue weighted by Crippen LogP contribution is -2.31. The van der Waals surface area contributed by atoms with E-state index in [0.29, 0.717) is 0 Å². The van der Waals surface area contributed by atoms with E-state index in [1.54, 1.807) is 11.8 Å². The van der Waals surface area contributed by atoms with Gasteiger partial charge in [-0.25, -0.2) is 15.0 Å². The highest BCUT2D eigenvalue weighted by molar-refractivity contribution is 7.98. The normalized spacial score (nSPS) is 17.5. The van der Waals surface area contributed by atoms with Gasteiger partial charge in [0.2, 0.25) is 5.88 Å². The topological polar surface area (TPSA) is 51.1 Å². The Kier molecular flexibility index (Phi) is 4.67. The summed E-state index contributed by atoms with van der Waals surface area (Å²) in [6.45, 7) is 3.56. The quantitative estimate of drug-likeness (QED) is 0.594.